The molecule has 0 spiro atoms. The molecule has 2 saturated heterocycles. The molecule has 1 aromatic rings. The molecule has 1 N–H and O–H groups in total. The third-order valence-corrected chi connectivity index (χ3v) is 6.72. The lowest BCUT2D eigenvalue weighted by Gasteiger charge is -2.43. The SMILES string of the molecule is CS(=O)(=O)N1C[C@H]2CCN(C(=O)COCc3ccccc3)C[C@@]2(CO)C1. The third-order valence-electron chi connectivity index (χ3n) is 5.51. The molecule has 0 saturated carbocycles. The van der Waals surface area contributed by atoms with Gasteiger partial charge >= 0.3 is 0 Å². The molecule has 0 unspecified atom stereocenters. The van der Waals surface area contributed by atoms with Crippen molar-refractivity contribution in [2.45, 2.75) is 13.0 Å². The molecule has 2 fully saturated rings. The Hall–Kier alpha value is -1.48. The highest BCUT2D eigenvalue weighted by Gasteiger charge is 2.52. The van der Waals surface area contributed by atoms with Crippen molar-refractivity contribution in [3.63, 3.8) is 0 Å². The molecule has 1 aromatic carbocycles. The van der Waals surface area contributed by atoms with Crippen LogP contribution in [-0.2, 0) is 26.2 Å². The van der Waals surface area contributed by atoms with E-state index in [1.807, 2.05) is 30.3 Å². The summed E-state index contributed by atoms with van der Waals surface area (Å²) in [5.41, 5.74) is 0.432. The van der Waals surface area contributed by atoms with Gasteiger partial charge in [0.2, 0.25) is 15.9 Å². The Morgan fingerprint density at radius 1 is 1.31 bits per heavy atom. The molecular formula is C18H26N2O5S. The summed E-state index contributed by atoms with van der Waals surface area (Å²) in [7, 11) is -3.30. The van der Waals surface area contributed by atoms with Crippen molar-refractivity contribution in [1.82, 2.24) is 9.21 Å². The van der Waals surface area contributed by atoms with Crippen LogP contribution in [0.5, 0.6) is 0 Å². The molecular weight excluding hydrogens is 356 g/mol. The molecule has 7 nitrogen and oxygen atoms in total. The van der Waals surface area contributed by atoms with Crippen LogP contribution in [0.3, 0.4) is 0 Å². The van der Waals surface area contributed by atoms with Gasteiger partial charge in [-0.25, -0.2) is 12.7 Å². The van der Waals surface area contributed by atoms with Crippen LogP contribution in [0, 0.1) is 11.3 Å². The van der Waals surface area contributed by atoms with E-state index in [0.717, 1.165) is 5.56 Å². The molecule has 1 amide bonds. The molecule has 3 rings (SSSR count). The van der Waals surface area contributed by atoms with Crippen LogP contribution in [0.15, 0.2) is 30.3 Å². The van der Waals surface area contributed by atoms with Crippen molar-refractivity contribution < 1.29 is 23.1 Å². The molecule has 0 aliphatic carbocycles. The summed E-state index contributed by atoms with van der Waals surface area (Å²) in [6.45, 7) is 1.85. The molecule has 2 heterocycles. The number of likely N-dealkylation sites (tertiary alicyclic amines) is 1. The molecule has 2 aliphatic heterocycles. The van der Waals surface area contributed by atoms with Crippen LogP contribution < -0.4 is 0 Å². The van der Waals surface area contributed by atoms with E-state index in [2.05, 4.69) is 0 Å². The number of ether oxygens (including phenoxy) is 1. The van der Waals surface area contributed by atoms with Gasteiger partial charge in [0.05, 0.1) is 19.5 Å². The smallest absolute Gasteiger partial charge is 0.248 e. The van der Waals surface area contributed by atoms with Gasteiger partial charge in [-0.15, -0.1) is 0 Å². The lowest BCUT2D eigenvalue weighted by Crippen LogP contribution is -2.53. The Morgan fingerprint density at radius 3 is 2.69 bits per heavy atom. The van der Waals surface area contributed by atoms with Gasteiger partial charge < -0.3 is 14.7 Å². The van der Waals surface area contributed by atoms with E-state index in [4.69, 9.17) is 4.74 Å². The first-order chi connectivity index (χ1) is 12.3. The van der Waals surface area contributed by atoms with Gasteiger partial charge in [0.1, 0.15) is 6.61 Å². The second-order valence-electron chi connectivity index (χ2n) is 7.36. The highest BCUT2D eigenvalue weighted by atomic mass is 32.2. The number of fused-ring (bicyclic) bond motifs is 1. The van der Waals surface area contributed by atoms with Gasteiger partial charge in [-0.05, 0) is 17.9 Å². The summed E-state index contributed by atoms with van der Waals surface area (Å²) < 4.78 is 30.7. The quantitative estimate of drug-likeness (QED) is 0.765. The van der Waals surface area contributed by atoms with Crippen molar-refractivity contribution in [3.05, 3.63) is 35.9 Å². The maximum Gasteiger partial charge on any atom is 0.248 e. The van der Waals surface area contributed by atoms with Crippen LogP contribution in [0.25, 0.3) is 0 Å². The number of sulfonamides is 1. The molecule has 2 atom stereocenters. The lowest BCUT2D eigenvalue weighted by atomic mass is 9.74. The normalized spacial score (nSPS) is 26.7. The van der Waals surface area contributed by atoms with Crippen LogP contribution >= 0.6 is 0 Å². The topological polar surface area (TPSA) is 87.2 Å². The standard InChI is InChI=1S/C18H26N2O5S/c1-26(23,24)20-9-16-7-8-19(12-18(16,13-20)14-21)17(22)11-25-10-15-5-3-2-4-6-15/h2-6,16,21H,7-14H2,1H3/t16-,18+/m1/s1. The number of benzene rings is 1. The number of hydrogen-bond acceptors (Lipinski definition) is 5. The average Bonchev–Trinajstić information content (AvgIpc) is 3.02. The van der Waals surface area contributed by atoms with Crippen molar-refractivity contribution in [2.75, 3.05) is 45.6 Å². The minimum atomic E-state index is -3.30. The molecule has 2 aliphatic rings. The Morgan fingerprint density at radius 2 is 2.04 bits per heavy atom. The second kappa shape index (κ2) is 7.64. The van der Waals surface area contributed by atoms with E-state index in [0.29, 0.717) is 32.7 Å². The van der Waals surface area contributed by atoms with Crippen molar-refractivity contribution >= 4 is 15.9 Å². The number of nitrogens with zero attached hydrogens (tertiary/aromatic N) is 2. The number of aliphatic hydroxyl groups excluding tert-OH is 1. The van der Waals surface area contributed by atoms with Gasteiger partial charge in [0, 0.05) is 31.6 Å². The summed E-state index contributed by atoms with van der Waals surface area (Å²) >= 11 is 0. The second-order valence-corrected chi connectivity index (χ2v) is 9.34. The molecule has 0 bridgehead atoms. The van der Waals surface area contributed by atoms with E-state index in [1.54, 1.807) is 4.90 Å². The fourth-order valence-electron chi connectivity index (χ4n) is 3.95. The highest BCUT2D eigenvalue weighted by molar-refractivity contribution is 7.88. The minimum absolute atomic E-state index is 0.0170. The summed E-state index contributed by atoms with van der Waals surface area (Å²) in [4.78, 5) is 14.2. The van der Waals surface area contributed by atoms with Crippen LogP contribution in [-0.4, -0.2) is 74.3 Å². The largest absolute Gasteiger partial charge is 0.396 e. The van der Waals surface area contributed by atoms with Crippen molar-refractivity contribution in [3.8, 4) is 0 Å². The van der Waals surface area contributed by atoms with Crippen LogP contribution in [0.1, 0.15) is 12.0 Å². The Kier molecular flexibility index (Phi) is 5.67. The van der Waals surface area contributed by atoms with Gasteiger partial charge in [0.15, 0.2) is 0 Å². The Bertz CT molecular complexity index is 739. The zero-order valence-corrected chi connectivity index (χ0v) is 15.8. The average molecular weight is 382 g/mol. The molecule has 144 valence electrons. The Balaban J connectivity index is 1.58. The zero-order valence-electron chi connectivity index (χ0n) is 15.0. The van der Waals surface area contributed by atoms with E-state index in [9.17, 15) is 18.3 Å². The number of aliphatic hydroxyl groups is 1. The molecule has 0 radical (unpaired) electrons. The molecule has 26 heavy (non-hydrogen) atoms. The minimum Gasteiger partial charge on any atom is -0.396 e. The number of carbonyl (C=O) groups excluding carboxylic acids is 1. The maximum atomic E-state index is 12.5. The van der Waals surface area contributed by atoms with Crippen LogP contribution in [0.2, 0.25) is 0 Å². The summed E-state index contributed by atoms with van der Waals surface area (Å²) in [5, 5.41) is 9.97. The van der Waals surface area contributed by atoms with E-state index >= 15 is 0 Å². The van der Waals surface area contributed by atoms with Gasteiger partial charge in [-0.3, -0.25) is 4.79 Å². The zero-order chi connectivity index (χ0) is 18.8. The summed E-state index contributed by atoms with van der Waals surface area (Å²) in [6, 6.07) is 9.65. The third kappa shape index (κ3) is 4.09. The monoisotopic (exact) mass is 382 g/mol. The predicted molar refractivity (Wildman–Crippen MR) is 96.7 cm³/mol. The number of amides is 1. The fraction of sp³-hybridized carbons (Fsp3) is 0.611. The predicted octanol–water partition coefficient (Wildman–Crippen LogP) is 0.306. The number of piperidine rings is 1. The number of rotatable bonds is 6. The fourth-order valence-corrected chi connectivity index (χ4v) is 4.89. The van der Waals surface area contributed by atoms with E-state index in [1.165, 1.54) is 10.6 Å². The number of carbonyl (C=O) groups is 1. The van der Waals surface area contributed by atoms with E-state index < -0.39 is 15.4 Å². The van der Waals surface area contributed by atoms with Crippen molar-refractivity contribution in [1.29, 1.82) is 0 Å². The first-order valence-electron chi connectivity index (χ1n) is 8.79. The van der Waals surface area contributed by atoms with Crippen LogP contribution in [0.4, 0.5) is 0 Å². The summed E-state index contributed by atoms with van der Waals surface area (Å²) in [6.07, 6.45) is 1.88. The van der Waals surface area contributed by atoms with Gasteiger partial charge in [0.25, 0.3) is 0 Å². The summed E-state index contributed by atoms with van der Waals surface area (Å²) in [5.74, 6) is -0.0403. The van der Waals surface area contributed by atoms with E-state index in [-0.39, 0.29) is 31.6 Å². The first-order valence-corrected chi connectivity index (χ1v) is 10.6. The number of hydrogen-bond donors (Lipinski definition) is 1. The maximum absolute atomic E-state index is 12.5. The van der Waals surface area contributed by atoms with Gasteiger partial charge in [-0.2, -0.15) is 0 Å². The lowest BCUT2D eigenvalue weighted by molar-refractivity contribution is -0.141. The molecule has 0 aromatic heterocycles. The van der Waals surface area contributed by atoms with Gasteiger partial charge in [-0.1, -0.05) is 30.3 Å². The highest BCUT2D eigenvalue weighted by Crippen LogP contribution is 2.42. The first kappa shape index (κ1) is 19.3. The molecule has 8 heteroatoms. The Labute approximate surface area is 154 Å². The van der Waals surface area contributed by atoms with Crippen molar-refractivity contribution in [2.24, 2.45) is 11.3 Å².